The SMILES string of the molecule is O=C(NCc1ccc(Oc2ccc(F)cc2)cc1)c1cccn1-c1ccc(Cl)cc1Cl. The van der Waals surface area contributed by atoms with E-state index in [1.54, 1.807) is 65.4 Å². The number of rotatable bonds is 6. The van der Waals surface area contributed by atoms with Crippen LogP contribution in [0.4, 0.5) is 4.39 Å². The van der Waals surface area contributed by atoms with E-state index >= 15 is 0 Å². The molecule has 0 aliphatic heterocycles. The molecule has 31 heavy (non-hydrogen) atoms. The van der Waals surface area contributed by atoms with Crippen LogP contribution in [0.15, 0.2) is 85.1 Å². The molecule has 0 unspecified atom stereocenters. The molecule has 0 aliphatic carbocycles. The average Bonchev–Trinajstić information content (AvgIpc) is 3.24. The largest absolute Gasteiger partial charge is 0.457 e. The van der Waals surface area contributed by atoms with Crippen LogP contribution in [0.5, 0.6) is 11.5 Å². The molecule has 1 N–H and O–H groups in total. The molecular formula is C24H17Cl2FN2O2. The molecule has 4 nitrogen and oxygen atoms in total. The third kappa shape index (κ3) is 5.08. The lowest BCUT2D eigenvalue weighted by Gasteiger charge is -2.12. The van der Waals surface area contributed by atoms with Crippen LogP contribution < -0.4 is 10.1 Å². The molecule has 3 aromatic carbocycles. The van der Waals surface area contributed by atoms with Crippen LogP contribution in [0.1, 0.15) is 16.1 Å². The fraction of sp³-hybridized carbons (Fsp3) is 0.0417. The molecule has 0 fully saturated rings. The Morgan fingerprint density at radius 2 is 1.61 bits per heavy atom. The second-order valence-electron chi connectivity index (χ2n) is 6.74. The maximum Gasteiger partial charge on any atom is 0.268 e. The van der Waals surface area contributed by atoms with Gasteiger partial charge in [-0.15, -0.1) is 0 Å². The standard InChI is InChI=1S/C24H17Cl2FN2O2/c25-17-5-12-22(21(26)14-17)29-13-1-2-23(29)24(30)28-15-16-3-8-19(9-4-16)31-20-10-6-18(27)7-11-20/h1-14H,15H2,(H,28,30). The molecule has 0 saturated carbocycles. The molecule has 1 aromatic heterocycles. The number of nitrogens with zero attached hydrogens (tertiary/aromatic N) is 1. The highest BCUT2D eigenvalue weighted by Gasteiger charge is 2.14. The second kappa shape index (κ2) is 9.25. The van der Waals surface area contributed by atoms with E-state index in [9.17, 15) is 9.18 Å². The summed E-state index contributed by atoms with van der Waals surface area (Å²) in [6.45, 7) is 0.342. The maximum absolute atomic E-state index is 13.0. The van der Waals surface area contributed by atoms with Crippen LogP contribution in [-0.2, 0) is 6.54 Å². The number of benzene rings is 3. The third-order valence-corrected chi connectivity index (χ3v) is 5.11. The molecule has 0 bridgehead atoms. The van der Waals surface area contributed by atoms with E-state index in [4.69, 9.17) is 27.9 Å². The van der Waals surface area contributed by atoms with E-state index in [-0.39, 0.29) is 11.7 Å². The molecule has 4 aromatic rings. The fourth-order valence-corrected chi connectivity index (χ4v) is 3.54. The monoisotopic (exact) mass is 454 g/mol. The van der Waals surface area contributed by atoms with Gasteiger partial charge in [0.1, 0.15) is 23.0 Å². The van der Waals surface area contributed by atoms with Crippen molar-refractivity contribution in [3.8, 4) is 17.2 Å². The Kier molecular flexibility index (Phi) is 6.26. The van der Waals surface area contributed by atoms with Crippen LogP contribution in [-0.4, -0.2) is 10.5 Å². The highest BCUT2D eigenvalue weighted by molar-refractivity contribution is 6.35. The van der Waals surface area contributed by atoms with Gasteiger partial charge in [0.25, 0.3) is 5.91 Å². The summed E-state index contributed by atoms with van der Waals surface area (Å²) in [7, 11) is 0. The molecule has 0 aliphatic rings. The van der Waals surface area contributed by atoms with Crippen molar-refractivity contribution >= 4 is 29.1 Å². The van der Waals surface area contributed by atoms with Crippen molar-refractivity contribution in [2.24, 2.45) is 0 Å². The van der Waals surface area contributed by atoms with E-state index < -0.39 is 0 Å². The van der Waals surface area contributed by atoms with Gasteiger partial charge in [0, 0.05) is 17.8 Å². The average molecular weight is 455 g/mol. The van der Waals surface area contributed by atoms with Gasteiger partial charge in [-0.2, -0.15) is 0 Å². The number of ether oxygens (including phenoxy) is 1. The molecule has 1 amide bonds. The Bertz CT molecular complexity index is 1210. The van der Waals surface area contributed by atoms with E-state index in [0.29, 0.717) is 39.5 Å². The zero-order valence-corrected chi connectivity index (χ0v) is 17.7. The first-order chi connectivity index (χ1) is 15.0. The van der Waals surface area contributed by atoms with Crippen LogP contribution in [0.3, 0.4) is 0 Å². The van der Waals surface area contributed by atoms with Crippen LogP contribution in [0, 0.1) is 5.82 Å². The summed E-state index contributed by atoms with van der Waals surface area (Å²) in [5.74, 6) is 0.614. The van der Waals surface area contributed by atoms with Gasteiger partial charge in [-0.05, 0) is 72.3 Å². The van der Waals surface area contributed by atoms with Crippen LogP contribution >= 0.6 is 23.2 Å². The summed E-state index contributed by atoms with van der Waals surface area (Å²) >= 11 is 12.2. The summed E-state index contributed by atoms with van der Waals surface area (Å²) in [5, 5.41) is 3.89. The number of carbonyl (C=O) groups excluding carboxylic acids is 1. The van der Waals surface area contributed by atoms with Crippen LogP contribution in [0.2, 0.25) is 10.0 Å². The topological polar surface area (TPSA) is 43.3 Å². The van der Waals surface area contributed by atoms with E-state index in [1.807, 2.05) is 12.1 Å². The number of hydrogen-bond acceptors (Lipinski definition) is 2. The van der Waals surface area contributed by atoms with Crippen molar-refractivity contribution in [3.63, 3.8) is 0 Å². The Balaban J connectivity index is 1.40. The summed E-state index contributed by atoms with van der Waals surface area (Å²) in [6.07, 6.45) is 1.77. The molecular weight excluding hydrogens is 438 g/mol. The quantitative estimate of drug-likeness (QED) is 0.354. The molecule has 4 rings (SSSR count). The van der Waals surface area contributed by atoms with E-state index in [1.165, 1.54) is 12.1 Å². The number of aromatic nitrogens is 1. The van der Waals surface area contributed by atoms with Gasteiger partial charge in [0.05, 0.1) is 10.7 Å². The summed E-state index contributed by atoms with van der Waals surface area (Å²) < 4.78 is 20.4. The highest BCUT2D eigenvalue weighted by atomic mass is 35.5. The lowest BCUT2D eigenvalue weighted by molar-refractivity contribution is 0.0944. The maximum atomic E-state index is 13.0. The Hall–Kier alpha value is -3.28. The van der Waals surface area contributed by atoms with Gasteiger partial charge >= 0.3 is 0 Å². The zero-order chi connectivity index (χ0) is 21.8. The minimum absolute atomic E-state index is 0.234. The summed E-state index contributed by atoms with van der Waals surface area (Å²) in [6, 6.07) is 21.7. The van der Waals surface area contributed by atoms with Crippen LogP contribution in [0.25, 0.3) is 5.69 Å². The van der Waals surface area contributed by atoms with Crippen molar-refractivity contribution in [1.29, 1.82) is 0 Å². The van der Waals surface area contributed by atoms with Gasteiger partial charge in [-0.3, -0.25) is 4.79 Å². The second-order valence-corrected chi connectivity index (χ2v) is 7.59. The molecule has 0 atom stereocenters. The smallest absolute Gasteiger partial charge is 0.268 e. The molecule has 156 valence electrons. The van der Waals surface area contributed by atoms with Gasteiger partial charge in [0.2, 0.25) is 0 Å². The van der Waals surface area contributed by atoms with Crippen molar-refractivity contribution in [3.05, 3.63) is 112 Å². The minimum atomic E-state index is -0.317. The predicted octanol–water partition coefficient (Wildman–Crippen LogP) is 6.65. The van der Waals surface area contributed by atoms with Crippen molar-refractivity contribution in [1.82, 2.24) is 9.88 Å². The van der Waals surface area contributed by atoms with Gasteiger partial charge < -0.3 is 14.6 Å². The first-order valence-corrected chi connectivity index (χ1v) is 10.2. The van der Waals surface area contributed by atoms with Crippen molar-refractivity contribution in [2.75, 3.05) is 0 Å². The third-order valence-electron chi connectivity index (χ3n) is 4.58. The predicted molar refractivity (Wildman–Crippen MR) is 120 cm³/mol. The van der Waals surface area contributed by atoms with Gasteiger partial charge in [-0.25, -0.2) is 4.39 Å². The normalized spacial score (nSPS) is 10.7. The van der Waals surface area contributed by atoms with Gasteiger partial charge in [0.15, 0.2) is 0 Å². The Morgan fingerprint density at radius 1 is 0.935 bits per heavy atom. The number of halogens is 3. The Labute approximate surface area is 188 Å². The Morgan fingerprint density at radius 3 is 2.29 bits per heavy atom. The van der Waals surface area contributed by atoms with E-state index in [0.717, 1.165) is 5.56 Å². The van der Waals surface area contributed by atoms with E-state index in [2.05, 4.69) is 5.32 Å². The first kappa shape index (κ1) is 21.0. The number of nitrogens with one attached hydrogen (secondary N) is 1. The first-order valence-electron chi connectivity index (χ1n) is 9.43. The molecule has 1 heterocycles. The highest BCUT2D eigenvalue weighted by Crippen LogP contribution is 2.26. The number of carbonyl (C=O) groups is 1. The minimum Gasteiger partial charge on any atom is -0.457 e. The number of amides is 1. The lowest BCUT2D eigenvalue weighted by atomic mass is 10.2. The molecule has 0 saturated heterocycles. The summed E-state index contributed by atoms with van der Waals surface area (Å²) in [4.78, 5) is 12.7. The van der Waals surface area contributed by atoms with Crippen molar-refractivity contribution < 1.29 is 13.9 Å². The lowest BCUT2D eigenvalue weighted by Crippen LogP contribution is -2.25. The molecule has 0 radical (unpaired) electrons. The zero-order valence-electron chi connectivity index (χ0n) is 16.2. The fourth-order valence-electron chi connectivity index (χ4n) is 3.04. The van der Waals surface area contributed by atoms with Crippen molar-refractivity contribution in [2.45, 2.75) is 6.54 Å². The molecule has 0 spiro atoms. The number of hydrogen-bond donors (Lipinski definition) is 1. The molecule has 7 heteroatoms. The summed E-state index contributed by atoms with van der Waals surface area (Å²) in [5.41, 5.74) is 2.03. The van der Waals surface area contributed by atoms with Gasteiger partial charge in [-0.1, -0.05) is 35.3 Å².